The second-order valence-corrected chi connectivity index (χ2v) is 7.32. The van der Waals surface area contributed by atoms with Gasteiger partial charge in [0, 0.05) is 56.6 Å². The number of morpholine rings is 1. The zero-order valence-corrected chi connectivity index (χ0v) is 17.7. The van der Waals surface area contributed by atoms with Crippen LogP contribution in [0.2, 0.25) is 0 Å². The number of nitrogens with zero attached hydrogens (tertiary/aromatic N) is 4. The molecular formula is C22H30N6O3. The van der Waals surface area contributed by atoms with Crippen LogP contribution in [0.25, 0.3) is 0 Å². The Morgan fingerprint density at radius 1 is 1.13 bits per heavy atom. The second kappa shape index (κ2) is 12.6. The molecule has 2 heterocycles. The van der Waals surface area contributed by atoms with Gasteiger partial charge in [0.05, 0.1) is 24.7 Å². The van der Waals surface area contributed by atoms with Crippen LogP contribution in [0, 0.1) is 10.1 Å². The minimum atomic E-state index is -0.395. The number of hydrogen-bond donors (Lipinski definition) is 2. The Morgan fingerprint density at radius 3 is 2.61 bits per heavy atom. The first kappa shape index (κ1) is 22.6. The number of aromatic nitrogens is 1. The van der Waals surface area contributed by atoms with Crippen molar-refractivity contribution in [3.8, 4) is 0 Å². The van der Waals surface area contributed by atoms with E-state index in [1.807, 2.05) is 18.2 Å². The van der Waals surface area contributed by atoms with Crippen molar-refractivity contribution in [2.45, 2.75) is 19.4 Å². The van der Waals surface area contributed by atoms with Crippen LogP contribution in [0.5, 0.6) is 0 Å². The zero-order chi connectivity index (χ0) is 21.7. The van der Waals surface area contributed by atoms with E-state index in [2.05, 4.69) is 25.5 Å². The highest BCUT2D eigenvalue weighted by molar-refractivity contribution is 5.79. The maximum atomic E-state index is 10.8. The van der Waals surface area contributed by atoms with Crippen molar-refractivity contribution >= 4 is 11.6 Å². The van der Waals surface area contributed by atoms with Gasteiger partial charge in [0.2, 0.25) is 0 Å². The van der Waals surface area contributed by atoms with Crippen molar-refractivity contribution < 1.29 is 9.66 Å². The molecule has 9 heteroatoms. The average Bonchev–Trinajstić information content (AvgIpc) is 2.81. The van der Waals surface area contributed by atoms with Gasteiger partial charge in [-0.1, -0.05) is 18.2 Å². The molecule has 1 aliphatic heterocycles. The second-order valence-electron chi connectivity index (χ2n) is 7.32. The summed E-state index contributed by atoms with van der Waals surface area (Å²) in [4.78, 5) is 21.8. The van der Waals surface area contributed by atoms with E-state index in [1.54, 1.807) is 18.3 Å². The molecule has 1 aromatic carbocycles. The van der Waals surface area contributed by atoms with Crippen LogP contribution in [0.1, 0.15) is 17.7 Å². The normalized spacial score (nSPS) is 14.9. The minimum Gasteiger partial charge on any atom is -0.379 e. The molecule has 3 rings (SSSR count). The molecule has 1 saturated heterocycles. The van der Waals surface area contributed by atoms with Crippen LogP contribution in [-0.2, 0) is 17.7 Å². The lowest BCUT2D eigenvalue weighted by Gasteiger charge is -2.26. The van der Waals surface area contributed by atoms with E-state index in [0.717, 1.165) is 69.5 Å². The summed E-state index contributed by atoms with van der Waals surface area (Å²) in [6.45, 7) is 6.60. The Kier molecular flexibility index (Phi) is 9.21. The predicted octanol–water partition coefficient (Wildman–Crippen LogP) is 1.99. The van der Waals surface area contributed by atoms with Gasteiger partial charge in [-0.25, -0.2) is 4.99 Å². The van der Waals surface area contributed by atoms with Gasteiger partial charge in [0.15, 0.2) is 5.96 Å². The van der Waals surface area contributed by atoms with E-state index in [1.165, 1.54) is 12.1 Å². The first-order valence-electron chi connectivity index (χ1n) is 10.7. The fraction of sp³-hybridized carbons (Fsp3) is 0.455. The number of rotatable bonds is 10. The van der Waals surface area contributed by atoms with Gasteiger partial charge >= 0.3 is 0 Å². The van der Waals surface area contributed by atoms with Gasteiger partial charge in [-0.15, -0.1) is 0 Å². The molecule has 2 aromatic rings. The SMILES string of the molecule is O=[N+]([O-])c1ccc(CN=C(NCCCN2CCOCC2)NCCc2ccccn2)cc1. The Balaban J connectivity index is 1.50. The summed E-state index contributed by atoms with van der Waals surface area (Å²) in [6, 6.07) is 12.4. The third-order valence-electron chi connectivity index (χ3n) is 5.01. The molecule has 1 aliphatic rings. The minimum absolute atomic E-state index is 0.0858. The van der Waals surface area contributed by atoms with Gasteiger partial charge < -0.3 is 15.4 Å². The number of benzene rings is 1. The molecule has 0 spiro atoms. The van der Waals surface area contributed by atoms with Crippen molar-refractivity contribution in [1.29, 1.82) is 0 Å². The molecule has 9 nitrogen and oxygen atoms in total. The third-order valence-corrected chi connectivity index (χ3v) is 5.01. The highest BCUT2D eigenvalue weighted by Gasteiger charge is 2.09. The summed E-state index contributed by atoms with van der Waals surface area (Å²) in [6.07, 6.45) is 3.61. The number of hydrogen-bond acceptors (Lipinski definition) is 6. The highest BCUT2D eigenvalue weighted by atomic mass is 16.6. The Labute approximate surface area is 182 Å². The Hall–Kier alpha value is -3.04. The lowest BCUT2D eigenvalue weighted by molar-refractivity contribution is -0.384. The molecule has 0 atom stereocenters. The number of nitro benzene ring substituents is 1. The smallest absolute Gasteiger partial charge is 0.269 e. The zero-order valence-electron chi connectivity index (χ0n) is 17.7. The molecule has 0 radical (unpaired) electrons. The lowest BCUT2D eigenvalue weighted by atomic mass is 10.2. The van der Waals surface area contributed by atoms with Crippen molar-refractivity contribution in [3.05, 3.63) is 70.0 Å². The topological polar surface area (TPSA) is 105 Å². The van der Waals surface area contributed by atoms with Crippen LogP contribution in [0.4, 0.5) is 5.69 Å². The van der Waals surface area contributed by atoms with Crippen LogP contribution >= 0.6 is 0 Å². The van der Waals surface area contributed by atoms with E-state index in [9.17, 15) is 10.1 Å². The number of nitrogens with one attached hydrogen (secondary N) is 2. The lowest BCUT2D eigenvalue weighted by Crippen LogP contribution is -2.41. The fourth-order valence-corrected chi connectivity index (χ4v) is 3.26. The molecular weight excluding hydrogens is 396 g/mol. The van der Waals surface area contributed by atoms with Crippen LogP contribution in [0.15, 0.2) is 53.7 Å². The van der Waals surface area contributed by atoms with E-state index < -0.39 is 4.92 Å². The van der Waals surface area contributed by atoms with Crippen molar-refractivity contribution in [2.24, 2.45) is 4.99 Å². The third kappa shape index (κ3) is 8.31. The van der Waals surface area contributed by atoms with Gasteiger partial charge in [-0.2, -0.15) is 0 Å². The molecule has 0 saturated carbocycles. The van der Waals surface area contributed by atoms with Crippen LogP contribution < -0.4 is 10.6 Å². The average molecular weight is 427 g/mol. The Bertz CT molecular complexity index is 823. The summed E-state index contributed by atoms with van der Waals surface area (Å²) >= 11 is 0. The number of aliphatic imine (C=N–C) groups is 1. The maximum absolute atomic E-state index is 10.8. The molecule has 0 aliphatic carbocycles. The van der Waals surface area contributed by atoms with Crippen molar-refractivity contribution in [2.75, 3.05) is 45.9 Å². The van der Waals surface area contributed by atoms with E-state index in [4.69, 9.17) is 4.74 Å². The first-order chi connectivity index (χ1) is 15.2. The largest absolute Gasteiger partial charge is 0.379 e. The molecule has 0 unspecified atom stereocenters. The molecule has 166 valence electrons. The summed E-state index contributed by atoms with van der Waals surface area (Å²) in [5.41, 5.74) is 2.03. The van der Waals surface area contributed by atoms with E-state index in [-0.39, 0.29) is 5.69 Å². The number of pyridine rings is 1. The molecule has 31 heavy (non-hydrogen) atoms. The van der Waals surface area contributed by atoms with E-state index >= 15 is 0 Å². The molecule has 1 fully saturated rings. The van der Waals surface area contributed by atoms with Crippen molar-refractivity contribution in [1.82, 2.24) is 20.5 Å². The number of nitro groups is 1. The molecule has 0 bridgehead atoms. The summed E-state index contributed by atoms with van der Waals surface area (Å²) in [7, 11) is 0. The predicted molar refractivity (Wildman–Crippen MR) is 120 cm³/mol. The Morgan fingerprint density at radius 2 is 1.90 bits per heavy atom. The van der Waals surface area contributed by atoms with Gasteiger partial charge in [0.25, 0.3) is 5.69 Å². The summed E-state index contributed by atoms with van der Waals surface area (Å²) in [5.74, 6) is 0.733. The number of non-ortho nitro benzene ring substituents is 1. The van der Waals surface area contributed by atoms with Crippen LogP contribution in [-0.4, -0.2) is 66.7 Å². The van der Waals surface area contributed by atoms with Crippen LogP contribution in [0.3, 0.4) is 0 Å². The number of guanidine groups is 1. The quantitative estimate of drug-likeness (QED) is 0.197. The van der Waals surface area contributed by atoms with Gasteiger partial charge in [-0.3, -0.25) is 20.0 Å². The summed E-state index contributed by atoms with van der Waals surface area (Å²) < 4.78 is 5.39. The summed E-state index contributed by atoms with van der Waals surface area (Å²) in [5, 5.41) is 17.6. The first-order valence-corrected chi connectivity index (χ1v) is 10.7. The molecule has 2 N–H and O–H groups in total. The van der Waals surface area contributed by atoms with Crippen molar-refractivity contribution in [3.63, 3.8) is 0 Å². The highest BCUT2D eigenvalue weighted by Crippen LogP contribution is 2.12. The number of ether oxygens (including phenoxy) is 1. The molecule has 0 amide bonds. The molecule has 1 aromatic heterocycles. The monoisotopic (exact) mass is 426 g/mol. The van der Waals surface area contributed by atoms with Gasteiger partial charge in [0.1, 0.15) is 0 Å². The fourth-order valence-electron chi connectivity index (χ4n) is 3.26. The standard InChI is InChI=1S/C22H30N6O3/c29-28(30)21-7-5-19(6-8-21)18-26-22(25-12-9-20-4-1-2-10-23-20)24-11-3-13-27-14-16-31-17-15-27/h1-2,4-8,10H,3,9,11-18H2,(H2,24,25,26). The maximum Gasteiger partial charge on any atom is 0.269 e. The van der Waals surface area contributed by atoms with Gasteiger partial charge in [-0.05, 0) is 30.7 Å². The van der Waals surface area contributed by atoms with E-state index in [0.29, 0.717) is 13.1 Å².